The zero-order valence-corrected chi connectivity index (χ0v) is 12.7. The molecule has 2 aliphatic rings. The molecular formula is C16H15F3N4O. The van der Waals surface area contributed by atoms with E-state index in [0.29, 0.717) is 24.4 Å². The van der Waals surface area contributed by atoms with E-state index in [9.17, 15) is 18.4 Å². The zero-order chi connectivity index (χ0) is 17.2. The van der Waals surface area contributed by atoms with Gasteiger partial charge in [0.15, 0.2) is 5.70 Å². The van der Waals surface area contributed by atoms with Gasteiger partial charge < -0.3 is 15.0 Å². The molecule has 3 rings (SSSR count). The molecule has 0 aromatic heterocycles. The molecule has 0 aliphatic carbocycles. The quantitative estimate of drug-likeness (QED) is 0.901. The molecule has 1 saturated heterocycles. The monoisotopic (exact) mass is 336 g/mol. The molecule has 5 nitrogen and oxygen atoms in total. The van der Waals surface area contributed by atoms with E-state index in [-0.39, 0.29) is 12.6 Å². The van der Waals surface area contributed by atoms with Crippen LogP contribution in [0, 0.1) is 11.3 Å². The molecule has 0 radical (unpaired) electrons. The van der Waals surface area contributed by atoms with Crippen LogP contribution in [0.15, 0.2) is 35.1 Å². The Morgan fingerprint density at radius 2 is 2.21 bits per heavy atom. The lowest BCUT2D eigenvalue weighted by Crippen LogP contribution is -2.33. The minimum atomic E-state index is -4.51. The molecule has 1 aromatic rings. The SMILES string of the molecule is N#Cc1cc(N2C=C(C(F)(F)F)N=CC2)ccc1[C@@H]1CNCCO1. The molecule has 8 heteroatoms. The number of morpholine rings is 1. The van der Waals surface area contributed by atoms with Crippen LogP contribution in [0.1, 0.15) is 17.2 Å². The van der Waals surface area contributed by atoms with Gasteiger partial charge in [-0.3, -0.25) is 4.99 Å². The highest BCUT2D eigenvalue weighted by Crippen LogP contribution is 2.31. The Morgan fingerprint density at radius 1 is 1.38 bits per heavy atom. The first-order valence-electron chi connectivity index (χ1n) is 7.43. The maximum Gasteiger partial charge on any atom is 0.434 e. The average molecular weight is 336 g/mol. The number of rotatable bonds is 2. The Bertz CT molecular complexity index is 715. The summed E-state index contributed by atoms with van der Waals surface area (Å²) >= 11 is 0. The summed E-state index contributed by atoms with van der Waals surface area (Å²) < 4.78 is 44.0. The lowest BCUT2D eigenvalue weighted by Gasteiger charge is -2.27. The van der Waals surface area contributed by atoms with Crippen molar-refractivity contribution in [3.8, 4) is 6.07 Å². The van der Waals surface area contributed by atoms with Gasteiger partial charge in [-0.1, -0.05) is 6.07 Å². The van der Waals surface area contributed by atoms with Crippen LogP contribution in [0.5, 0.6) is 0 Å². The van der Waals surface area contributed by atoms with Gasteiger partial charge in [-0.15, -0.1) is 0 Å². The highest BCUT2D eigenvalue weighted by Gasteiger charge is 2.35. The Morgan fingerprint density at radius 3 is 2.88 bits per heavy atom. The molecule has 0 bridgehead atoms. The van der Waals surface area contributed by atoms with Crippen molar-refractivity contribution in [2.45, 2.75) is 12.3 Å². The number of anilines is 1. The zero-order valence-electron chi connectivity index (χ0n) is 12.7. The molecule has 1 fully saturated rings. The second kappa shape index (κ2) is 6.63. The molecule has 126 valence electrons. The van der Waals surface area contributed by atoms with Crippen molar-refractivity contribution in [3.63, 3.8) is 0 Å². The second-order valence-electron chi connectivity index (χ2n) is 5.42. The third-order valence-electron chi connectivity index (χ3n) is 3.84. The summed E-state index contributed by atoms with van der Waals surface area (Å²) in [6, 6.07) is 7.11. The van der Waals surface area contributed by atoms with Crippen molar-refractivity contribution in [2.24, 2.45) is 4.99 Å². The van der Waals surface area contributed by atoms with Gasteiger partial charge in [-0.2, -0.15) is 18.4 Å². The van der Waals surface area contributed by atoms with Crippen LogP contribution >= 0.6 is 0 Å². The van der Waals surface area contributed by atoms with E-state index in [1.165, 1.54) is 11.1 Å². The van der Waals surface area contributed by atoms with E-state index < -0.39 is 11.9 Å². The van der Waals surface area contributed by atoms with Gasteiger partial charge in [0.1, 0.15) is 0 Å². The number of halogens is 3. The molecule has 0 spiro atoms. The smallest absolute Gasteiger partial charge is 0.371 e. The second-order valence-corrected chi connectivity index (χ2v) is 5.42. The summed E-state index contributed by atoms with van der Waals surface area (Å²) in [7, 11) is 0. The van der Waals surface area contributed by atoms with Gasteiger partial charge in [0.2, 0.25) is 0 Å². The Hall–Kier alpha value is -2.37. The van der Waals surface area contributed by atoms with Crippen molar-refractivity contribution < 1.29 is 17.9 Å². The van der Waals surface area contributed by atoms with Crippen LogP contribution in [-0.2, 0) is 4.74 Å². The number of aliphatic imine (C=N–C) groups is 1. The van der Waals surface area contributed by atoms with E-state index in [1.54, 1.807) is 18.2 Å². The fraction of sp³-hybridized carbons (Fsp3) is 0.375. The van der Waals surface area contributed by atoms with Crippen molar-refractivity contribution in [1.82, 2.24) is 5.32 Å². The maximum atomic E-state index is 12.8. The first-order chi connectivity index (χ1) is 11.5. The minimum absolute atomic E-state index is 0.214. The van der Waals surface area contributed by atoms with Crippen LogP contribution in [0.3, 0.4) is 0 Å². The Balaban J connectivity index is 1.89. The van der Waals surface area contributed by atoms with Crippen LogP contribution < -0.4 is 10.2 Å². The van der Waals surface area contributed by atoms with Crippen molar-refractivity contribution >= 4 is 11.9 Å². The fourth-order valence-corrected chi connectivity index (χ4v) is 2.65. The molecule has 0 saturated carbocycles. The molecule has 2 heterocycles. The van der Waals surface area contributed by atoms with Crippen molar-refractivity contribution in [1.29, 1.82) is 5.26 Å². The summed E-state index contributed by atoms with van der Waals surface area (Å²) in [6.45, 7) is 2.12. The van der Waals surface area contributed by atoms with Crippen LogP contribution in [0.2, 0.25) is 0 Å². The van der Waals surface area contributed by atoms with E-state index >= 15 is 0 Å². The molecule has 1 aromatic carbocycles. The molecule has 1 N–H and O–H groups in total. The summed E-state index contributed by atoms with van der Waals surface area (Å²) in [5.41, 5.74) is 0.674. The van der Waals surface area contributed by atoms with Crippen LogP contribution in [-0.4, -0.2) is 38.6 Å². The molecule has 2 aliphatic heterocycles. The molecule has 1 atom stereocenters. The lowest BCUT2D eigenvalue weighted by atomic mass is 10.0. The van der Waals surface area contributed by atoms with E-state index in [4.69, 9.17) is 4.74 Å². The number of hydrogen-bond acceptors (Lipinski definition) is 5. The number of nitrogens with one attached hydrogen (secondary N) is 1. The highest BCUT2D eigenvalue weighted by molar-refractivity contribution is 5.72. The number of nitriles is 1. The topological polar surface area (TPSA) is 60.7 Å². The Kier molecular flexibility index (Phi) is 4.55. The largest absolute Gasteiger partial charge is 0.434 e. The predicted molar refractivity (Wildman–Crippen MR) is 82.7 cm³/mol. The summed E-state index contributed by atoms with van der Waals surface area (Å²) in [6.07, 6.45) is -2.58. The van der Waals surface area contributed by atoms with E-state index in [0.717, 1.165) is 18.3 Å². The summed E-state index contributed by atoms with van der Waals surface area (Å²) in [5, 5.41) is 12.6. The first-order valence-corrected chi connectivity index (χ1v) is 7.43. The van der Waals surface area contributed by atoms with Crippen LogP contribution in [0.4, 0.5) is 18.9 Å². The highest BCUT2D eigenvalue weighted by atomic mass is 19.4. The third-order valence-corrected chi connectivity index (χ3v) is 3.84. The van der Waals surface area contributed by atoms with Gasteiger partial charge >= 0.3 is 6.18 Å². The molecular weight excluding hydrogens is 321 g/mol. The lowest BCUT2D eigenvalue weighted by molar-refractivity contribution is -0.0926. The van der Waals surface area contributed by atoms with Crippen molar-refractivity contribution in [2.75, 3.05) is 31.1 Å². The minimum Gasteiger partial charge on any atom is -0.371 e. The summed E-state index contributed by atoms with van der Waals surface area (Å²) in [4.78, 5) is 4.80. The van der Waals surface area contributed by atoms with Gasteiger partial charge in [0, 0.05) is 31.2 Å². The maximum absolute atomic E-state index is 12.8. The molecule has 0 unspecified atom stereocenters. The predicted octanol–water partition coefficient (Wildman–Crippen LogP) is 2.51. The Labute approximate surface area is 137 Å². The number of alkyl halides is 3. The number of allylic oxidation sites excluding steroid dienone is 1. The number of hydrogen-bond donors (Lipinski definition) is 1. The van der Waals surface area contributed by atoms with Gasteiger partial charge in [0.05, 0.1) is 30.9 Å². The standard InChI is InChI=1S/C16H15F3N4O/c17-16(18,19)15-10-23(5-3-22-15)12-1-2-13(11(7-12)8-20)14-9-21-4-6-24-14/h1-3,7,10,14,21H,4-6,9H2/t14-/m0/s1. The summed E-state index contributed by atoms with van der Waals surface area (Å²) in [5.74, 6) is 0. The molecule has 0 amide bonds. The molecule has 24 heavy (non-hydrogen) atoms. The normalized spacial score (nSPS) is 21.3. The van der Waals surface area contributed by atoms with Crippen LogP contribution in [0.25, 0.3) is 0 Å². The van der Waals surface area contributed by atoms with E-state index in [1.807, 2.05) is 0 Å². The van der Waals surface area contributed by atoms with Crippen molar-refractivity contribution in [3.05, 3.63) is 41.2 Å². The first kappa shape index (κ1) is 16.5. The number of nitrogens with zero attached hydrogens (tertiary/aromatic N) is 3. The average Bonchev–Trinajstić information content (AvgIpc) is 2.61. The number of ether oxygens (including phenoxy) is 1. The number of benzene rings is 1. The van der Waals surface area contributed by atoms with E-state index in [2.05, 4.69) is 16.4 Å². The van der Waals surface area contributed by atoms with Gasteiger partial charge in [-0.25, -0.2) is 0 Å². The van der Waals surface area contributed by atoms with Gasteiger partial charge in [0.25, 0.3) is 0 Å². The van der Waals surface area contributed by atoms with Gasteiger partial charge in [-0.05, 0) is 17.7 Å². The fourth-order valence-electron chi connectivity index (χ4n) is 2.65. The third kappa shape index (κ3) is 3.42.